The van der Waals surface area contributed by atoms with Crippen LogP contribution in [0.5, 0.6) is 0 Å². The van der Waals surface area contributed by atoms with Crippen LogP contribution >= 0.6 is 11.6 Å². The molecule has 4 rings (SSSR count). The summed E-state index contributed by atoms with van der Waals surface area (Å²) in [6.45, 7) is 3.75. The molecule has 1 saturated heterocycles. The fraction of sp³-hybridized carbons (Fsp3) is 0.409. The number of nitrogens with zero attached hydrogens (tertiary/aromatic N) is 4. The number of amides is 1. The van der Waals surface area contributed by atoms with Crippen LogP contribution < -0.4 is 0 Å². The van der Waals surface area contributed by atoms with Gasteiger partial charge in [-0.15, -0.1) is 0 Å². The van der Waals surface area contributed by atoms with Gasteiger partial charge in [0.15, 0.2) is 0 Å². The van der Waals surface area contributed by atoms with Gasteiger partial charge in [-0.25, -0.2) is 4.98 Å². The Morgan fingerprint density at radius 3 is 3.04 bits per heavy atom. The Kier molecular flexibility index (Phi) is 5.62. The fourth-order valence-corrected chi connectivity index (χ4v) is 4.06. The van der Waals surface area contributed by atoms with E-state index in [-0.39, 0.29) is 11.8 Å². The third kappa shape index (κ3) is 3.90. The van der Waals surface area contributed by atoms with Gasteiger partial charge in [-0.05, 0) is 43.5 Å². The number of unbranched alkanes of at least 4 members (excludes halogenated alkanes) is 1. The van der Waals surface area contributed by atoms with Gasteiger partial charge in [0.2, 0.25) is 5.91 Å². The number of piperidine rings is 1. The molecule has 1 aliphatic rings. The van der Waals surface area contributed by atoms with Crippen molar-refractivity contribution in [3.05, 3.63) is 53.4 Å². The highest BCUT2D eigenvalue weighted by Gasteiger charge is 2.25. The van der Waals surface area contributed by atoms with Crippen molar-refractivity contribution < 1.29 is 4.79 Å². The minimum atomic E-state index is 0.277. The first-order chi connectivity index (χ1) is 13.7. The largest absolute Gasteiger partial charge is 0.342 e. The molecule has 3 aromatic heterocycles. The van der Waals surface area contributed by atoms with Gasteiger partial charge in [0.1, 0.15) is 5.65 Å². The summed E-state index contributed by atoms with van der Waals surface area (Å²) in [5.41, 5.74) is 3.69. The zero-order valence-electron chi connectivity index (χ0n) is 16.1. The Morgan fingerprint density at radius 2 is 2.18 bits per heavy atom. The van der Waals surface area contributed by atoms with E-state index in [2.05, 4.69) is 18.0 Å². The smallest absolute Gasteiger partial charge is 0.222 e. The normalized spacial score (nSPS) is 17.2. The Hall–Kier alpha value is -2.40. The molecular formula is C22H25ClN4O. The quantitative estimate of drug-likeness (QED) is 0.613. The van der Waals surface area contributed by atoms with E-state index in [1.54, 1.807) is 0 Å². The third-order valence-corrected chi connectivity index (χ3v) is 5.66. The van der Waals surface area contributed by atoms with Crippen LogP contribution in [0.3, 0.4) is 0 Å². The molecule has 0 spiro atoms. The highest BCUT2D eigenvalue weighted by Crippen LogP contribution is 2.28. The lowest BCUT2D eigenvalue weighted by Crippen LogP contribution is -2.39. The van der Waals surface area contributed by atoms with Gasteiger partial charge in [0, 0.05) is 37.3 Å². The van der Waals surface area contributed by atoms with Crippen molar-refractivity contribution >= 4 is 23.2 Å². The minimum Gasteiger partial charge on any atom is -0.342 e. The monoisotopic (exact) mass is 396 g/mol. The predicted molar refractivity (Wildman–Crippen MR) is 112 cm³/mol. The summed E-state index contributed by atoms with van der Waals surface area (Å²) in [4.78, 5) is 23.9. The first-order valence-electron chi connectivity index (χ1n) is 10.0. The Bertz CT molecular complexity index is 984. The zero-order valence-corrected chi connectivity index (χ0v) is 16.9. The van der Waals surface area contributed by atoms with E-state index < -0.39 is 0 Å². The zero-order chi connectivity index (χ0) is 19.5. The average Bonchev–Trinajstić information content (AvgIpc) is 3.15. The van der Waals surface area contributed by atoms with Crippen LogP contribution in [0, 0.1) is 0 Å². The second kappa shape index (κ2) is 8.31. The second-order valence-corrected chi connectivity index (χ2v) is 7.89. The van der Waals surface area contributed by atoms with E-state index in [0.29, 0.717) is 11.4 Å². The summed E-state index contributed by atoms with van der Waals surface area (Å²) >= 11 is 6.16. The van der Waals surface area contributed by atoms with Crippen LogP contribution in [0.2, 0.25) is 5.02 Å². The number of halogens is 1. The number of hydrogen-bond donors (Lipinski definition) is 0. The molecule has 0 unspecified atom stereocenters. The lowest BCUT2D eigenvalue weighted by molar-refractivity contribution is -0.132. The molecule has 0 aliphatic carbocycles. The summed E-state index contributed by atoms with van der Waals surface area (Å²) in [7, 11) is 0. The van der Waals surface area contributed by atoms with E-state index in [0.717, 1.165) is 61.5 Å². The van der Waals surface area contributed by atoms with E-state index in [1.165, 1.54) is 0 Å². The van der Waals surface area contributed by atoms with Crippen LogP contribution in [0.1, 0.15) is 50.6 Å². The summed E-state index contributed by atoms with van der Waals surface area (Å²) < 4.78 is 1.97. The number of carbonyl (C=O) groups is 1. The molecule has 3 aromatic rings. The molecule has 28 heavy (non-hydrogen) atoms. The number of likely N-dealkylation sites (tertiary alicyclic amines) is 1. The fourth-order valence-electron chi connectivity index (χ4n) is 3.90. The van der Waals surface area contributed by atoms with Gasteiger partial charge in [-0.3, -0.25) is 14.2 Å². The van der Waals surface area contributed by atoms with E-state index >= 15 is 0 Å². The number of imidazole rings is 1. The highest BCUT2D eigenvalue weighted by atomic mass is 35.5. The van der Waals surface area contributed by atoms with Crippen LogP contribution in [0.15, 0.2) is 42.7 Å². The first kappa shape index (κ1) is 18.9. The molecule has 1 atom stereocenters. The topological polar surface area (TPSA) is 50.5 Å². The number of hydrogen-bond acceptors (Lipinski definition) is 3. The molecular weight excluding hydrogens is 372 g/mol. The van der Waals surface area contributed by atoms with Gasteiger partial charge in [0.05, 0.1) is 22.6 Å². The molecule has 0 saturated carbocycles. The number of carbonyl (C=O) groups excluding carboxylic acids is 1. The highest BCUT2D eigenvalue weighted by molar-refractivity contribution is 6.30. The number of fused-ring (bicyclic) bond motifs is 1. The molecule has 5 nitrogen and oxygen atoms in total. The molecule has 1 amide bonds. The molecule has 6 heteroatoms. The third-order valence-electron chi connectivity index (χ3n) is 5.44. The Morgan fingerprint density at radius 1 is 1.29 bits per heavy atom. The number of rotatable bonds is 5. The summed E-state index contributed by atoms with van der Waals surface area (Å²) in [5, 5.41) is 0.663. The van der Waals surface area contributed by atoms with E-state index in [9.17, 15) is 4.79 Å². The maximum absolute atomic E-state index is 12.4. The van der Waals surface area contributed by atoms with Crippen molar-refractivity contribution in [1.82, 2.24) is 19.3 Å². The van der Waals surface area contributed by atoms with Gasteiger partial charge >= 0.3 is 0 Å². The number of aromatic nitrogens is 3. The molecule has 0 N–H and O–H groups in total. The van der Waals surface area contributed by atoms with Gasteiger partial charge < -0.3 is 4.90 Å². The van der Waals surface area contributed by atoms with Crippen LogP contribution in [-0.4, -0.2) is 38.3 Å². The Balaban J connectivity index is 1.58. The molecule has 1 aliphatic heterocycles. The van der Waals surface area contributed by atoms with Crippen LogP contribution in [0.25, 0.3) is 17.0 Å². The SMILES string of the molecule is CCCCC(=O)N1CCC[C@H](c2cccc(-c3cnc4ccc(Cl)cn34)n2)C1. The van der Waals surface area contributed by atoms with Crippen molar-refractivity contribution in [1.29, 1.82) is 0 Å². The van der Waals surface area contributed by atoms with E-state index in [4.69, 9.17) is 16.6 Å². The maximum atomic E-state index is 12.4. The Labute approximate surface area is 170 Å². The van der Waals surface area contributed by atoms with Gasteiger partial charge in [-0.2, -0.15) is 0 Å². The molecule has 1 fully saturated rings. The standard InChI is InChI=1S/C22H25ClN4O/c1-2-3-9-22(28)26-12-5-6-16(14-26)18-7-4-8-19(25-18)20-13-24-21-11-10-17(23)15-27(20)21/h4,7-8,10-11,13,15-16H,2-3,5-6,9,12,14H2,1H3/t16-/m0/s1. The van der Waals surface area contributed by atoms with Crippen molar-refractivity contribution in [2.75, 3.05) is 13.1 Å². The lowest BCUT2D eigenvalue weighted by atomic mass is 9.93. The van der Waals surface area contributed by atoms with Crippen molar-refractivity contribution in [3.8, 4) is 11.4 Å². The van der Waals surface area contributed by atoms with Crippen LogP contribution in [0.4, 0.5) is 0 Å². The molecule has 0 radical (unpaired) electrons. The maximum Gasteiger partial charge on any atom is 0.222 e. The van der Waals surface area contributed by atoms with Gasteiger partial charge in [-0.1, -0.05) is 31.0 Å². The summed E-state index contributed by atoms with van der Waals surface area (Å²) in [6, 6.07) is 9.85. The van der Waals surface area contributed by atoms with Crippen molar-refractivity contribution in [2.45, 2.75) is 44.9 Å². The molecule has 4 heterocycles. The number of pyridine rings is 2. The molecule has 0 aromatic carbocycles. The molecule has 146 valence electrons. The minimum absolute atomic E-state index is 0.277. The predicted octanol–water partition coefficient (Wildman–Crippen LogP) is 4.95. The summed E-state index contributed by atoms with van der Waals surface area (Å²) in [6.07, 6.45) is 8.45. The average molecular weight is 397 g/mol. The van der Waals surface area contributed by atoms with Crippen molar-refractivity contribution in [2.24, 2.45) is 0 Å². The second-order valence-electron chi connectivity index (χ2n) is 7.45. The van der Waals surface area contributed by atoms with Gasteiger partial charge in [0.25, 0.3) is 0 Å². The first-order valence-corrected chi connectivity index (χ1v) is 10.4. The van der Waals surface area contributed by atoms with Crippen LogP contribution in [-0.2, 0) is 4.79 Å². The summed E-state index contributed by atoms with van der Waals surface area (Å²) in [5.74, 6) is 0.557. The van der Waals surface area contributed by atoms with E-state index in [1.807, 2.05) is 46.0 Å². The molecule has 0 bridgehead atoms. The lowest BCUT2D eigenvalue weighted by Gasteiger charge is -2.32. The van der Waals surface area contributed by atoms with Crippen molar-refractivity contribution in [3.63, 3.8) is 0 Å².